The maximum Gasteiger partial charge on any atom is 0.308 e. The van der Waals surface area contributed by atoms with Crippen molar-refractivity contribution in [3.63, 3.8) is 0 Å². The van der Waals surface area contributed by atoms with Gasteiger partial charge in [0.05, 0.1) is 11.5 Å². The summed E-state index contributed by atoms with van der Waals surface area (Å²) in [6.07, 6.45) is 3.34. The Balaban J connectivity index is 2.17. The van der Waals surface area contributed by atoms with Crippen molar-refractivity contribution in [2.45, 2.75) is 17.7 Å². The van der Waals surface area contributed by atoms with Crippen molar-refractivity contribution in [2.75, 3.05) is 19.3 Å². The fourth-order valence-electron chi connectivity index (χ4n) is 2.35. The Morgan fingerprint density at radius 2 is 2.11 bits per heavy atom. The van der Waals surface area contributed by atoms with E-state index in [-0.39, 0.29) is 5.91 Å². The van der Waals surface area contributed by atoms with Gasteiger partial charge in [-0.15, -0.1) is 11.8 Å². The molecule has 1 N–H and O–H groups in total. The summed E-state index contributed by atoms with van der Waals surface area (Å²) in [6, 6.07) is 7.46. The number of thioether (sulfide) groups is 1. The SMILES string of the molecule is CSc1ccccc1C(=O)N1CCC[C@H](C(=O)O)C1. The van der Waals surface area contributed by atoms with E-state index in [9.17, 15) is 9.59 Å². The van der Waals surface area contributed by atoms with E-state index >= 15 is 0 Å². The molecule has 0 aliphatic carbocycles. The summed E-state index contributed by atoms with van der Waals surface area (Å²) in [4.78, 5) is 26.1. The van der Waals surface area contributed by atoms with Crippen molar-refractivity contribution in [2.24, 2.45) is 5.92 Å². The molecule has 1 aromatic rings. The van der Waals surface area contributed by atoms with E-state index < -0.39 is 11.9 Å². The molecule has 102 valence electrons. The summed E-state index contributed by atoms with van der Waals surface area (Å²) >= 11 is 1.53. The van der Waals surface area contributed by atoms with Gasteiger partial charge in [0.15, 0.2) is 0 Å². The average molecular weight is 279 g/mol. The molecule has 1 aromatic carbocycles. The fraction of sp³-hybridized carbons (Fsp3) is 0.429. The molecule has 1 amide bonds. The average Bonchev–Trinajstić information content (AvgIpc) is 2.46. The van der Waals surface area contributed by atoms with Gasteiger partial charge in [-0.1, -0.05) is 12.1 Å². The van der Waals surface area contributed by atoms with Crippen LogP contribution in [-0.2, 0) is 4.79 Å². The third-order valence-electron chi connectivity index (χ3n) is 3.40. The summed E-state index contributed by atoms with van der Waals surface area (Å²) in [5, 5.41) is 9.07. The summed E-state index contributed by atoms with van der Waals surface area (Å²) in [6.45, 7) is 0.961. The van der Waals surface area contributed by atoms with Crippen LogP contribution in [0.4, 0.5) is 0 Å². The van der Waals surface area contributed by atoms with Crippen LogP contribution in [0.2, 0.25) is 0 Å². The van der Waals surface area contributed by atoms with Crippen LogP contribution in [0.1, 0.15) is 23.2 Å². The number of hydrogen-bond donors (Lipinski definition) is 1. The Hall–Kier alpha value is -1.49. The maximum atomic E-state index is 12.5. The first-order valence-electron chi connectivity index (χ1n) is 6.28. The predicted octanol–water partition coefficient (Wildman–Crippen LogP) is 2.35. The quantitative estimate of drug-likeness (QED) is 0.863. The normalized spacial score (nSPS) is 19.2. The first-order chi connectivity index (χ1) is 9.13. The van der Waals surface area contributed by atoms with Gasteiger partial charge in [0.1, 0.15) is 0 Å². The highest BCUT2D eigenvalue weighted by Crippen LogP contribution is 2.24. The van der Waals surface area contributed by atoms with Crippen molar-refractivity contribution in [3.05, 3.63) is 29.8 Å². The smallest absolute Gasteiger partial charge is 0.308 e. The Morgan fingerprint density at radius 1 is 1.37 bits per heavy atom. The van der Waals surface area contributed by atoms with Gasteiger partial charge in [0, 0.05) is 18.0 Å². The number of hydrogen-bond acceptors (Lipinski definition) is 3. The lowest BCUT2D eigenvalue weighted by Gasteiger charge is -2.31. The van der Waals surface area contributed by atoms with Crippen LogP contribution in [0.5, 0.6) is 0 Å². The zero-order valence-electron chi connectivity index (χ0n) is 10.8. The number of nitrogens with zero attached hydrogens (tertiary/aromatic N) is 1. The lowest BCUT2D eigenvalue weighted by molar-refractivity contribution is -0.143. The molecule has 19 heavy (non-hydrogen) atoms. The number of carbonyl (C=O) groups is 2. The molecule has 0 radical (unpaired) electrons. The number of rotatable bonds is 3. The molecule has 0 aromatic heterocycles. The number of benzene rings is 1. The molecule has 1 aliphatic rings. The zero-order valence-corrected chi connectivity index (χ0v) is 11.7. The molecule has 0 unspecified atom stereocenters. The summed E-state index contributed by atoms with van der Waals surface area (Å²) in [7, 11) is 0. The number of carboxylic acids is 1. The molecule has 1 atom stereocenters. The van der Waals surface area contributed by atoms with Crippen molar-refractivity contribution in [3.8, 4) is 0 Å². The van der Waals surface area contributed by atoms with Crippen LogP contribution in [0.3, 0.4) is 0 Å². The molecule has 0 saturated carbocycles. The van der Waals surface area contributed by atoms with E-state index in [0.717, 1.165) is 11.3 Å². The third kappa shape index (κ3) is 3.10. The number of likely N-dealkylation sites (tertiary alicyclic amines) is 1. The highest BCUT2D eigenvalue weighted by Gasteiger charge is 2.29. The molecule has 2 rings (SSSR count). The van der Waals surface area contributed by atoms with Gasteiger partial charge in [-0.25, -0.2) is 0 Å². The second-order valence-electron chi connectivity index (χ2n) is 4.63. The highest BCUT2D eigenvalue weighted by atomic mass is 32.2. The van der Waals surface area contributed by atoms with E-state index in [1.165, 1.54) is 11.8 Å². The Kier molecular flexibility index (Phi) is 4.47. The lowest BCUT2D eigenvalue weighted by Crippen LogP contribution is -2.42. The Bertz CT molecular complexity index is 489. The van der Waals surface area contributed by atoms with Gasteiger partial charge in [-0.05, 0) is 31.2 Å². The van der Waals surface area contributed by atoms with Crippen molar-refractivity contribution < 1.29 is 14.7 Å². The van der Waals surface area contributed by atoms with E-state index in [1.54, 1.807) is 11.0 Å². The number of amides is 1. The van der Waals surface area contributed by atoms with E-state index in [2.05, 4.69) is 0 Å². The fourth-order valence-corrected chi connectivity index (χ4v) is 2.94. The first kappa shape index (κ1) is 13.9. The highest BCUT2D eigenvalue weighted by molar-refractivity contribution is 7.98. The molecule has 0 spiro atoms. The lowest BCUT2D eigenvalue weighted by atomic mass is 9.97. The summed E-state index contributed by atoms with van der Waals surface area (Å²) in [5.74, 6) is -1.30. The van der Waals surface area contributed by atoms with Crippen LogP contribution in [0.15, 0.2) is 29.2 Å². The van der Waals surface area contributed by atoms with Gasteiger partial charge in [0.25, 0.3) is 5.91 Å². The molecule has 4 nitrogen and oxygen atoms in total. The topological polar surface area (TPSA) is 57.6 Å². The van der Waals surface area contributed by atoms with Gasteiger partial charge < -0.3 is 10.0 Å². The van der Waals surface area contributed by atoms with E-state index in [4.69, 9.17) is 5.11 Å². The molecule has 1 aliphatic heterocycles. The number of aliphatic carboxylic acids is 1. The maximum absolute atomic E-state index is 12.5. The van der Waals surface area contributed by atoms with Crippen LogP contribution in [-0.4, -0.2) is 41.2 Å². The molecular formula is C14H17NO3S. The Labute approximate surface area is 116 Å². The van der Waals surface area contributed by atoms with E-state index in [0.29, 0.717) is 25.1 Å². The minimum Gasteiger partial charge on any atom is -0.481 e. The zero-order chi connectivity index (χ0) is 13.8. The van der Waals surface area contributed by atoms with Crippen LogP contribution in [0.25, 0.3) is 0 Å². The summed E-state index contributed by atoms with van der Waals surface area (Å²) in [5.41, 5.74) is 0.668. The standard InChI is InChI=1S/C14H17NO3S/c1-19-12-7-3-2-6-11(12)13(16)15-8-4-5-10(9-15)14(17)18/h2-3,6-7,10H,4-5,8-9H2,1H3,(H,17,18)/t10-/m0/s1. The van der Waals surface area contributed by atoms with Gasteiger partial charge in [-0.2, -0.15) is 0 Å². The summed E-state index contributed by atoms with van der Waals surface area (Å²) < 4.78 is 0. The molecule has 5 heteroatoms. The van der Waals surface area contributed by atoms with Crippen molar-refractivity contribution in [1.82, 2.24) is 4.90 Å². The van der Waals surface area contributed by atoms with Crippen molar-refractivity contribution in [1.29, 1.82) is 0 Å². The van der Waals surface area contributed by atoms with Gasteiger partial charge in [0.2, 0.25) is 0 Å². The minimum absolute atomic E-state index is 0.0594. The number of carbonyl (C=O) groups excluding carboxylic acids is 1. The number of carboxylic acid groups (broad SMARTS) is 1. The molecule has 0 bridgehead atoms. The third-order valence-corrected chi connectivity index (χ3v) is 4.19. The van der Waals surface area contributed by atoms with E-state index in [1.807, 2.05) is 24.5 Å². The van der Waals surface area contributed by atoms with Crippen LogP contribution >= 0.6 is 11.8 Å². The minimum atomic E-state index is -0.810. The molecule has 1 heterocycles. The molecular weight excluding hydrogens is 262 g/mol. The second-order valence-corrected chi connectivity index (χ2v) is 5.48. The monoisotopic (exact) mass is 279 g/mol. The largest absolute Gasteiger partial charge is 0.481 e. The van der Waals surface area contributed by atoms with Gasteiger partial charge >= 0.3 is 5.97 Å². The first-order valence-corrected chi connectivity index (χ1v) is 7.51. The van der Waals surface area contributed by atoms with Crippen LogP contribution in [0, 0.1) is 5.92 Å². The molecule has 1 fully saturated rings. The van der Waals surface area contributed by atoms with Crippen LogP contribution < -0.4 is 0 Å². The van der Waals surface area contributed by atoms with Crippen molar-refractivity contribution >= 4 is 23.6 Å². The Morgan fingerprint density at radius 3 is 2.79 bits per heavy atom. The second kappa shape index (κ2) is 6.10. The predicted molar refractivity (Wildman–Crippen MR) is 74.5 cm³/mol. The molecule has 1 saturated heterocycles. The number of piperidine rings is 1. The van der Waals surface area contributed by atoms with Gasteiger partial charge in [-0.3, -0.25) is 9.59 Å².